The van der Waals surface area contributed by atoms with E-state index >= 15 is 0 Å². The highest BCUT2D eigenvalue weighted by Crippen LogP contribution is 2.18. The van der Waals surface area contributed by atoms with Crippen molar-refractivity contribution in [3.8, 4) is 17.2 Å². The van der Waals surface area contributed by atoms with Crippen LogP contribution in [0, 0.1) is 20.8 Å². The maximum atomic E-state index is 11.7. The van der Waals surface area contributed by atoms with Gasteiger partial charge in [0.05, 0.1) is 0 Å². The summed E-state index contributed by atoms with van der Waals surface area (Å²) in [6, 6.07) is 19.7. The number of ether oxygens (including phenoxy) is 3. The minimum atomic E-state index is -2.74. The number of alkyl halides is 6. The van der Waals surface area contributed by atoms with Crippen molar-refractivity contribution in [2.24, 2.45) is 0 Å². The highest BCUT2D eigenvalue weighted by atomic mass is 19.3. The van der Waals surface area contributed by atoms with Crippen molar-refractivity contribution < 1.29 is 40.6 Å². The molecule has 0 spiro atoms. The maximum absolute atomic E-state index is 11.7. The van der Waals surface area contributed by atoms with Gasteiger partial charge in [0.25, 0.3) is 0 Å². The van der Waals surface area contributed by atoms with Crippen LogP contribution >= 0.6 is 0 Å². The van der Waals surface area contributed by atoms with Crippen LogP contribution in [0.25, 0.3) is 0 Å². The van der Waals surface area contributed by atoms with Crippen LogP contribution in [0.4, 0.5) is 26.3 Å². The zero-order valence-electron chi connectivity index (χ0n) is 18.2. The molecule has 0 heterocycles. The molecule has 0 aromatic heterocycles. The van der Waals surface area contributed by atoms with E-state index < -0.39 is 19.8 Å². The summed E-state index contributed by atoms with van der Waals surface area (Å²) in [5, 5.41) is 0. The Balaban J connectivity index is 0.000000247. The fourth-order valence-electron chi connectivity index (χ4n) is 2.30. The number of benzene rings is 3. The zero-order valence-corrected chi connectivity index (χ0v) is 18.2. The van der Waals surface area contributed by atoms with Crippen LogP contribution in [0.3, 0.4) is 0 Å². The summed E-state index contributed by atoms with van der Waals surface area (Å²) in [6.45, 7) is -2.80. The predicted molar refractivity (Wildman–Crippen MR) is 113 cm³/mol. The summed E-state index contributed by atoms with van der Waals surface area (Å²) in [7, 11) is 0. The summed E-state index contributed by atoms with van der Waals surface area (Å²) in [5.74, 6) is 0.646. The largest absolute Gasteiger partial charge is 0.435 e. The normalized spacial score (nSPS) is 10.2. The molecule has 180 valence electrons. The summed E-state index contributed by atoms with van der Waals surface area (Å²) in [5.41, 5.74) is 2.64. The molecule has 0 fully saturated rings. The Morgan fingerprint density at radius 3 is 1.58 bits per heavy atom. The lowest BCUT2D eigenvalue weighted by Gasteiger charge is -2.05. The van der Waals surface area contributed by atoms with Gasteiger partial charge < -0.3 is 14.2 Å². The number of aryl methyl sites for hydroxylation is 3. The molecule has 3 rings (SSSR count). The molecule has 3 aromatic rings. The molecule has 0 saturated heterocycles. The van der Waals surface area contributed by atoms with E-state index in [1.165, 1.54) is 24.3 Å². The van der Waals surface area contributed by atoms with Crippen LogP contribution in [0.1, 0.15) is 16.7 Å². The molecular weight excluding hydrogens is 450 g/mol. The van der Waals surface area contributed by atoms with Gasteiger partial charge in [-0.15, -0.1) is 0 Å². The number of rotatable bonds is 6. The standard InChI is InChI=1S/3C8H8F2O/c1-6-2-4-7(5-3-6)11-8(9)10;1-6-3-2-4-7(5-6)11-8(9)10;1-6-4-2-3-5-7(6)11-8(9)10/h3*2-5,8H,1H3. The monoisotopic (exact) mass is 474 g/mol. The second-order valence-corrected chi connectivity index (χ2v) is 6.53. The van der Waals surface area contributed by atoms with Gasteiger partial charge in [-0.25, -0.2) is 0 Å². The van der Waals surface area contributed by atoms with Crippen LogP contribution in [0.2, 0.25) is 0 Å². The van der Waals surface area contributed by atoms with Crippen molar-refractivity contribution >= 4 is 0 Å². The van der Waals surface area contributed by atoms with E-state index in [-0.39, 0.29) is 17.2 Å². The van der Waals surface area contributed by atoms with Crippen molar-refractivity contribution in [1.29, 1.82) is 0 Å². The first-order valence-electron chi connectivity index (χ1n) is 9.60. The van der Waals surface area contributed by atoms with Gasteiger partial charge in [0.15, 0.2) is 0 Å². The molecule has 0 aliphatic heterocycles. The van der Waals surface area contributed by atoms with Gasteiger partial charge in [0.2, 0.25) is 0 Å². The third kappa shape index (κ3) is 12.9. The third-order valence-corrected chi connectivity index (χ3v) is 3.77. The van der Waals surface area contributed by atoms with E-state index in [0.717, 1.165) is 11.1 Å². The Labute approximate surface area is 188 Å². The quantitative estimate of drug-likeness (QED) is 0.341. The maximum Gasteiger partial charge on any atom is 0.387 e. The van der Waals surface area contributed by atoms with E-state index in [1.807, 2.05) is 19.9 Å². The third-order valence-electron chi connectivity index (χ3n) is 3.77. The Kier molecular flexibility index (Phi) is 12.3. The van der Waals surface area contributed by atoms with Gasteiger partial charge in [0.1, 0.15) is 17.2 Å². The first kappa shape index (κ1) is 27.7. The Hall–Kier alpha value is -3.36. The minimum absolute atomic E-state index is 0.200. The number of halogens is 6. The smallest absolute Gasteiger partial charge is 0.387 e. The molecule has 3 aromatic carbocycles. The summed E-state index contributed by atoms with van der Waals surface area (Å²) >= 11 is 0. The Bertz CT molecular complexity index is 933. The van der Waals surface area contributed by atoms with Crippen LogP contribution < -0.4 is 14.2 Å². The molecular formula is C24H24F6O3. The van der Waals surface area contributed by atoms with Gasteiger partial charge in [-0.3, -0.25) is 0 Å². The van der Waals surface area contributed by atoms with Gasteiger partial charge in [0, 0.05) is 0 Å². The van der Waals surface area contributed by atoms with Crippen LogP contribution in [-0.2, 0) is 0 Å². The second-order valence-electron chi connectivity index (χ2n) is 6.53. The molecule has 0 N–H and O–H groups in total. The van der Waals surface area contributed by atoms with Gasteiger partial charge >= 0.3 is 19.8 Å². The molecule has 0 aliphatic rings. The van der Waals surface area contributed by atoms with Crippen molar-refractivity contribution in [3.63, 3.8) is 0 Å². The molecule has 0 bridgehead atoms. The number of para-hydroxylation sites is 1. The van der Waals surface area contributed by atoms with E-state index in [1.54, 1.807) is 49.4 Å². The van der Waals surface area contributed by atoms with Gasteiger partial charge in [-0.2, -0.15) is 26.3 Å². The van der Waals surface area contributed by atoms with Gasteiger partial charge in [-0.1, -0.05) is 48.0 Å². The Morgan fingerprint density at radius 1 is 0.515 bits per heavy atom. The van der Waals surface area contributed by atoms with Crippen molar-refractivity contribution in [2.45, 2.75) is 40.6 Å². The van der Waals surface area contributed by atoms with E-state index in [0.29, 0.717) is 5.56 Å². The molecule has 0 atom stereocenters. The molecule has 3 nitrogen and oxygen atoms in total. The molecule has 0 radical (unpaired) electrons. The molecule has 0 unspecified atom stereocenters. The van der Waals surface area contributed by atoms with Gasteiger partial charge in [-0.05, 0) is 62.2 Å². The SMILES string of the molecule is Cc1ccc(OC(F)F)cc1.Cc1cccc(OC(F)F)c1.Cc1ccccc1OC(F)F. The summed E-state index contributed by atoms with van der Waals surface area (Å²) in [4.78, 5) is 0. The van der Waals surface area contributed by atoms with Crippen LogP contribution in [0.15, 0.2) is 72.8 Å². The van der Waals surface area contributed by atoms with Crippen LogP contribution in [-0.4, -0.2) is 19.8 Å². The van der Waals surface area contributed by atoms with E-state index in [2.05, 4.69) is 14.2 Å². The molecule has 33 heavy (non-hydrogen) atoms. The average molecular weight is 474 g/mol. The summed E-state index contributed by atoms with van der Waals surface area (Å²) < 4.78 is 82.3. The minimum Gasteiger partial charge on any atom is -0.435 e. The second kappa shape index (κ2) is 14.7. The van der Waals surface area contributed by atoms with E-state index in [9.17, 15) is 26.3 Å². The highest BCUT2D eigenvalue weighted by molar-refractivity contribution is 5.31. The van der Waals surface area contributed by atoms with Crippen molar-refractivity contribution in [2.75, 3.05) is 0 Å². The fraction of sp³-hybridized carbons (Fsp3) is 0.250. The fourth-order valence-corrected chi connectivity index (χ4v) is 2.30. The molecule has 0 aliphatic carbocycles. The predicted octanol–water partition coefficient (Wildman–Crippen LogP) is 7.79. The zero-order chi connectivity index (χ0) is 24.8. The van der Waals surface area contributed by atoms with Crippen molar-refractivity contribution in [3.05, 3.63) is 89.5 Å². The lowest BCUT2D eigenvalue weighted by atomic mass is 10.2. The topological polar surface area (TPSA) is 27.7 Å². The average Bonchev–Trinajstić information content (AvgIpc) is 2.71. The summed E-state index contributed by atoms with van der Waals surface area (Å²) in [6.07, 6.45) is 0. The first-order valence-corrected chi connectivity index (χ1v) is 9.60. The lowest BCUT2D eigenvalue weighted by molar-refractivity contribution is -0.0508. The van der Waals surface area contributed by atoms with Crippen LogP contribution in [0.5, 0.6) is 17.2 Å². The Morgan fingerprint density at radius 2 is 1.06 bits per heavy atom. The highest BCUT2D eigenvalue weighted by Gasteiger charge is 2.05. The number of hydrogen-bond donors (Lipinski definition) is 0. The van der Waals surface area contributed by atoms with E-state index in [4.69, 9.17) is 0 Å². The van der Waals surface area contributed by atoms with Crippen molar-refractivity contribution in [1.82, 2.24) is 0 Å². The molecule has 0 saturated carbocycles. The molecule has 0 amide bonds. The number of hydrogen-bond acceptors (Lipinski definition) is 3. The lowest BCUT2D eigenvalue weighted by Crippen LogP contribution is -2.02. The molecule has 9 heteroatoms. The first-order chi connectivity index (χ1) is 15.6.